The number of aliphatic hydroxyl groups excluding tert-OH is 3. The largest absolute Gasteiger partial charge is 0.387 e. The molecule has 3 N–H and O–H groups in total. The molecule has 2 aromatic heterocycles. The molecule has 0 spiro atoms. The van der Waals surface area contributed by atoms with E-state index in [1.54, 1.807) is 6.92 Å². The summed E-state index contributed by atoms with van der Waals surface area (Å²) < 4.78 is 10.5. The van der Waals surface area contributed by atoms with Gasteiger partial charge >= 0.3 is 0 Å². The maximum Gasteiger partial charge on any atom is 0.174 e. The molecule has 34 heavy (non-hydrogen) atoms. The summed E-state index contributed by atoms with van der Waals surface area (Å²) in [6.07, 6.45) is -3.95. The van der Waals surface area contributed by atoms with Gasteiger partial charge in [0.1, 0.15) is 18.3 Å². The standard InChI is InChI=1S/C27H22N2O5/c1-27-25(33)23(31)24(32)26(34-27)28-15-8-4-2-6-12(15)20-19-14(10-11-17(19)30)18-13-7-3-5-9-16(13)29(27)22(18)21(20)28/h2-9,23-26,31-33H,10-11H2,1H3/t23-,24+,25+,26+,27-/m0/s1. The van der Waals surface area contributed by atoms with E-state index in [0.717, 1.165) is 54.7 Å². The highest BCUT2D eigenvalue weighted by atomic mass is 16.6. The van der Waals surface area contributed by atoms with E-state index in [0.29, 0.717) is 12.8 Å². The van der Waals surface area contributed by atoms with Crippen LogP contribution < -0.4 is 0 Å². The SMILES string of the molecule is C[C@]12O[C@H]([C@H](O)[C@H](O)[C@H]1O)n1c3ccccc3c3c4c(c5c6ccccc6n2c5c31)CCC4=O. The molecule has 0 saturated carbocycles. The Labute approximate surface area is 193 Å². The lowest BCUT2D eigenvalue weighted by molar-refractivity contribution is -0.309. The van der Waals surface area contributed by atoms with Crippen molar-refractivity contribution in [2.75, 3.05) is 0 Å². The van der Waals surface area contributed by atoms with Crippen LogP contribution in [-0.4, -0.2) is 48.5 Å². The molecule has 0 unspecified atom stereocenters. The second-order valence-corrected chi connectivity index (χ2v) is 9.95. The van der Waals surface area contributed by atoms with Gasteiger partial charge in [-0.1, -0.05) is 36.4 Å². The average Bonchev–Trinajstić information content (AvgIpc) is 3.47. The predicted molar refractivity (Wildman–Crippen MR) is 127 cm³/mol. The summed E-state index contributed by atoms with van der Waals surface area (Å²) in [6.45, 7) is 1.77. The van der Waals surface area contributed by atoms with Crippen molar-refractivity contribution < 1.29 is 24.9 Å². The quantitative estimate of drug-likeness (QED) is 0.334. The summed E-state index contributed by atoms with van der Waals surface area (Å²) in [7, 11) is 0. The molecule has 7 heteroatoms. The number of ketones is 1. The van der Waals surface area contributed by atoms with Crippen LogP contribution in [0.5, 0.6) is 0 Å². The number of hydrogen-bond acceptors (Lipinski definition) is 5. The minimum absolute atomic E-state index is 0.122. The Bertz CT molecular complexity index is 1750. The van der Waals surface area contributed by atoms with Crippen molar-refractivity contribution >= 4 is 49.4 Å². The Morgan fingerprint density at radius 2 is 1.56 bits per heavy atom. The van der Waals surface area contributed by atoms with E-state index in [2.05, 4.69) is 0 Å². The number of benzene rings is 3. The van der Waals surface area contributed by atoms with Crippen LogP contribution in [0.2, 0.25) is 0 Å². The van der Waals surface area contributed by atoms with Crippen molar-refractivity contribution in [3.8, 4) is 0 Å². The molecule has 1 saturated heterocycles. The van der Waals surface area contributed by atoms with Crippen molar-refractivity contribution in [1.29, 1.82) is 0 Å². The molecule has 2 aliphatic heterocycles. The monoisotopic (exact) mass is 454 g/mol. The highest BCUT2D eigenvalue weighted by molar-refractivity contribution is 6.31. The first-order chi connectivity index (χ1) is 16.4. The Balaban J connectivity index is 1.77. The van der Waals surface area contributed by atoms with Gasteiger partial charge in [0.05, 0.1) is 22.1 Å². The van der Waals surface area contributed by atoms with Crippen molar-refractivity contribution in [2.24, 2.45) is 0 Å². The van der Waals surface area contributed by atoms with E-state index >= 15 is 0 Å². The van der Waals surface area contributed by atoms with Crippen LogP contribution in [0.4, 0.5) is 0 Å². The Hall–Kier alpha value is -3.23. The third kappa shape index (κ3) is 1.88. The zero-order chi connectivity index (χ0) is 23.1. The Morgan fingerprint density at radius 1 is 0.882 bits per heavy atom. The van der Waals surface area contributed by atoms with Crippen molar-refractivity contribution in [3.05, 3.63) is 59.7 Å². The molecule has 0 amide bonds. The second-order valence-electron chi connectivity index (χ2n) is 9.95. The van der Waals surface area contributed by atoms with Crippen LogP contribution in [-0.2, 0) is 16.9 Å². The summed E-state index contributed by atoms with van der Waals surface area (Å²) in [5.74, 6) is 0.122. The van der Waals surface area contributed by atoms with E-state index in [1.165, 1.54) is 0 Å². The number of rotatable bonds is 0. The van der Waals surface area contributed by atoms with Crippen LogP contribution in [0.15, 0.2) is 48.5 Å². The third-order valence-electron chi connectivity index (χ3n) is 8.32. The molecule has 8 rings (SSSR count). The van der Waals surface area contributed by atoms with E-state index in [9.17, 15) is 20.1 Å². The van der Waals surface area contributed by atoms with Crippen LogP contribution in [0.3, 0.4) is 0 Å². The molecule has 3 aromatic carbocycles. The number of fused-ring (bicyclic) bond motifs is 13. The highest BCUT2D eigenvalue weighted by Crippen LogP contribution is 2.53. The van der Waals surface area contributed by atoms with Crippen LogP contribution in [0.25, 0.3) is 43.6 Å². The van der Waals surface area contributed by atoms with Gasteiger partial charge in [0, 0.05) is 33.5 Å². The summed E-state index contributed by atoms with van der Waals surface area (Å²) >= 11 is 0. The highest BCUT2D eigenvalue weighted by Gasteiger charge is 2.56. The van der Waals surface area contributed by atoms with E-state index in [4.69, 9.17) is 4.74 Å². The van der Waals surface area contributed by atoms with Crippen molar-refractivity contribution in [2.45, 2.75) is 50.0 Å². The number of Topliss-reactive ketones (excluding diaryl/α,β-unsaturated/α-hetero) is 1. The summed E-state index contributed by atoms with van der Waals surface area (Å²) in [5.41, 5.74) is 3.78. The number of carbonyl (C=O) groups is 1. The van der Waals surface area contributed by atoms with Gasteiger partial charge in [0.2, 0.25) is 0 Å². The number of aliphatic hydroxyl groups is 3. The average molecular weight is 454 g/mol. The van der Waals surface area contributed by atoms with Gasteiger partial charge in [-0.25, -0.2) is 0 Å². The van der Waals surface area contributed by atoms with Gasteiger partial charge < -0.3 is 29.2 Å². The fourth-order valence-electron chi connectivity index (χ4n) is 6.89. The maximum atomic E-state index is 13.3. The Morgan fingerprint density at radius 3 is 2.32 bits per heavy atom. The van der Waals surface area contributed by atoms with Gasteiger partial charge in [-0.15, -0.1) is 0 Å². The normalized spacial score (nSPS) is 30.2. The molecule has 5 atom stereocenters. The molecule has 4 heterocycles. The molecule has 7 nitrogen and oxygen atoms in total. The number of ether oxygens (including phenoxy) is 1. The summed E-state index contributed by atoms with van der Waals surface area (Å²) in [6, 6.07) is 15.8. The first-order valence-electron chi connectivity index (χ1n) is 11.7. The number of aromatic nitrogens is 2. The summed E-state index contributed by atoms with van der Waals surface area (Å²) in [4.78, 5) is 13.3. The number of aryl methyl sites for hydroxylation is 1. The van der Waals surface area contributed by atoms with Crippen molar-refractivity contribution in [3.63, 3.8) is 0 Å². The first-order valence-corrected chi connectivity index (χ1v) is 11.7. The van der Waals surface area contributed by atoms with E-state index in [-0.39, 0.29) is 5.78 Å². The smallest absolute Gasteiger partial charge is 0.174 e. The number of carbonyl (C=O) groups excluding carboxylic acids is 1. The predicted octanol–water partition coefficient (Wildman–Crippen LogP) is 3.33. The molecule has 1 aliphatic carbocycles. The Kier molecular flexibility index (Phi) is 3.30. The molecule has 3 aliphatic rings. The lowest BCUT2D eigenvalue weighted by Crippen LogP contribution is -2.61. The maximum absolute atomic E-state index is 13.3. The van der Waals surface area contributed by atoms with Gasteiger partial charge in [0.25, 0.3) is 0 Å². The lowest BCUT2D eigenvalue weighted by Gasteiger charge is -2.47. The van der Waals surface area contributed by atoms with E-state index in [1.807, 2.05) is 57.7 Å². The number of nitrogens with zero attached hydrogens (tertiary/aromatic N) is 2. The molecule has 2 bridgehead atoms. The van der Waals surface area contributed by atoms with Crippen molar-refractivity contribution in [1.82, 2.24) is 9.13 Å². The van der Waals surface area contributed by atoms with Gasteiger partial charge in [-0.05, 0) is 31.0 Å². The molecule has 5 aromatic rings. The first kappa shape index (κ1) is 19.1. The van der Waals surface area contributed by atoms with Crippen LogP contribution in [0.1, 0.15) is 35.5 Å². The lowest BCUT2D eigenvalue weighted by atomic mass is 9.93. The molecule has 0 radical (unpaired) electrons. The zero-order valence-electron chi connectivity index (χ0n) is 18.4. The fourth-order valence-corrected chi connectivity index (χ4v) is 6.89. The molecule has 170 valence electrons. The minimum Gasteiger partial charge on any atom is -0.387 e. The van der Waals surface area contributed by atoms with E-state index < -0.39 is 30.3 Å². The fraction of sp³-hybridized carbons (Fsp3) is 0.296. The van der Waals surface area contributed by atoms with Gasteiger partial charge in [0.15, 0.2) is 17.7 Å². The second kappa shape index (κ2) is 5.87. The topological polar surface area (TPSA) is 96.8 Å². The zero-order valence-corrected chi connectivity index (χ0v) is 18.4. The summed E-state index contributed by atoms with van der Waals surface area (Å²) in [5, 5.41) is 37.2. The minimum atomic E-state index is -1.42. The van der Waals surface area contributed by atoms with Gasteiger partial charge in [-0.2, -0.15) is 0 Å². The van der Waals surface area contributed by atoms with Crippen LogP contribution in [0, 0.1) is 0 Å². The molecule has 1 fully saturated rings. The number of para-hydroxylation sites is 2. The third-order valence-corrected chi connectivity index (χ3v) is 8.32. The number of hydrogen-bond donors (Lipinski definition) is 3. The van der Waals surface area contributed by atoms with Gasteiger partial charge in [-0.3, -0.25) is 4.79 Å². The van der Waals surface area contributed by atoms with Crippen LogP contribution >= 0.6 is 0 Å². The molecular weight excluding hydrogens is 432 g/mol. The molecular formula is C27H22N2O5.